The molecule has 152 valence electrons. The molecule has 0 aliphatic carbocycles. The minimum Gasteiger partial charge on any atom is -0.325 e. The van der Waals surface area contributed by atoms with Crippen molar-refractivity contribution in [1.82, 2.24) is 14.9 Å². The Morgan fingerprint density at radius 3 is 2.20 bits per heavy atom. The van der Waals surface area contributed by atoms with Gasteiger partial charge in [-0.1, -0.05) is 19.1 Å². The predicted molar refractivity (Wildman–Crippen MR) is 125 cm³/mol. The van der Waals surface area contributed by atoms with E-state index in [4.69, 9.17) is 9.97 Å². The Kier molecular flexibility index (Phi) is 5.23. The number of nitrogens with one attached hydrogen (secondary N) is 1. The zero-order valence-electron chi connectivity index (χ0n) is 16.7. The van der Waals surface area contributed by atoms with Gasteiger partial charge in [-0.15, -0.1) is 22.7 Å². The number of thiophene rings is 2. The summed E-state index contributed by atoms with van der Waals surface area (Å²) < 4.78 is 0. The maximum absolute atomic E-state index is 12.7. The van der Waals surface area contributed by atoms with Crippen LogP contribution in [0.1, 0.15) is 19.8 Å². The fourth-order valence-electron chi connectivity index (χ4n) is 3.72. The molecule has 1 saturated heterocycles. The van der Waals surface area contributed by atoms with E-state index in [0.29, 0.717) is 5.92 Å². The van der Waals surface area contributed by atoms with Gasteiger partial charge in [0.2, 0.25) is 0 Å². The summed E-state index contributed by atoms with van der Waals surface area (Å²) in [4.78, 5) is 26.6. The number of benzene rings is 1. The number of carbonyl (C=O) groups is 1. The highest BCUT2D eigenvalue weighted by Gasteiger charge is 2.21. The van der Waals surface area contributed by atoms with Crippen LogP contribution in [-0.2, 0) is 0 Å². The molecule has 4 heterocycles. The summed E-state index contributed by atoms with van der Waals surface area (Å²) in [5.41, 5.74) is 4.14. The number of rotatable bonds is 3. The highest BCUT2D eigenvalue weighted by atomic mass is 32.1. The lowest BCUT2D eigenvalue weighted by atomic mass is 10.00. The molecule has 0 atom stereocenters. The number of hydrogen-bond donors (Lipinski definition) is 1. The average molecular weight is 435 g/mol. The van der Waals surface area contributed by atoms with E-state index in [9.17, 15) is 4.79 Å². The highest BCUT2D eigenvalue weighted by molar-refractivity contribution is 7.14. The molecule has 2 amide bonds. The molecule has 0 radical (unpaired) electrons. The van der Waals surface area contributed by atoms with Crippen molar-refractivity contribution in [2.75, 3.05) is 18.4 Å². The molecule has 0 bridgehead atoms. The topological polar surface area (TPSA) is 58.1 Å². The molecule has 5 rings (SSSR count). The highest BCUT2D eigenvalue weighted by Crippen LogP contribution is 2.35. The standard InChI is InChI=1S/C23H22N4OS2/c1-15-8-10-27(11-9-15)23(28)24-16-6-7-17-18(14-16)26-22(20-5-3-13-30-20)21(25-17)19-4-2-12-29-19/h2-7,12-15H,8-11H2,1H3,(H,24,28). The molecule has 30 heavy (non-hydrogen) atoms. The summed E-state index contributed by atoms with van der Waals surface area (Å²) in [6.45, 7) is 3.87. The lowest BCUT2D eigenvalue weighted by molar-refractivity contribution is 0.186. The van der Waals surface area contributed by atoms with E-state index in [1.165, 1.54) is 0 Å². The van der Waals surface area contributed by atoms with Gasteiger partial charge in [-0.05, 0) is 59.9 Å². The number of fused-ring (bicyclic) bond motifs is 1. The van der Waals surface area contributed by atoms with Crippen LogP contribution >= 0.6 is 22.7 Å². The molecule has 0 spiro atoms. The summed E-state index contributed by atoms with van der Waals surface area (Å²) in [5, 5.41) is 7.14. The first kappa shape index (κ1) is 19.2. The average Bonchev–Trinajstić information content (AvgIpc) is 3.47. The van der Waals surface area contributed by atoms with E-state index in [-0.39, 0.29) is 6.03 Å². The summed E-state index contributed by atoms with van der Waals surface area (Å²) in [7, 11) is 0. The van der Waals surface area contributed by atoms with Gasteiger partial charge >= 0.3 is 6.03 Å². The number of piperidine rings is 1. The van der Waals surface area contributed by atoms with E-state index in [1.54, 1.807) is 22.7 Å². The Bertz CT molecular complexity index is 1160. The van der Waals surface area contributed by atoms with Crippen molar-refractivity contribution >= 4 is 45.4 Å². The van der Waals surface area contributed by atoms with E-state index in [2.05, 4.69) is 35.1 Å². The van der Waals surface area contributed by atoms with Crippen LogP contribution in [0.2, 0.25) is 0 Å². The van der Waals surface area contributed by atoms with Crippen LogP contribution in [0.25, 0.3) is 32.2 Å². The molecular formula is C23H22N4OS2. The first-order valence-corrected chi connectivity index (χ1v) is 11.9. The zero-order valence-corrected chi connectivity index (χ0v) is 18.3. The first-order chi connectivity index (χ1) is 14.7. The Morgan fingerprint density at radius 1 is 0.967 bits per heavy atom. The molecular weight excluding hydrogens is 412 g/mol. The van der Waals surface area contributed by atoms with Crippen LogP contribution in [-0.4, -0.2) is 34.0 Å². The lowest BCUT2D eigenvalue weighted by Gasteiger charge is -2.30. The molecule has 1 N–H and O–H groups in total. The number of nitrogens with zero attached hydrogens (tertiary/aromatic N) is 3. The van der Waals surface area contributed by atoms with Gasteiger partial charge in [0.25, 0.3) is 0 Å². The van der Waals surface area contributed by atoms with Gasteiger partial charge in [0, 0.05) is 18.8 Å². The lowest BCUT2D eigenvalue weighted by Crippen LogP contribution is -2.40. The minimum atomic E-state index is -0.0390. The molecule has 0 saturated carbocycles. The Hall–Kier alpha value is -2.77. The predicted octanol–water partition coefficient (Wildman–Crippen LogP) is 6.35. The van der Waals surface area contributed by atoms with Crippen molar-refractivity contribution in [2.45, 2.75) is 19.8 Å². The molecule has 1 aliphatic heterocycles. The molecule has 7 heteroatoms. The van der Waals surface area contributed by atoms with Crippen LogP contribution in [0, 0.1) is 5.92 Å². The molecule has 4 aromatic rings. The maximum atomic E-state index is 12.7. The first-order valence-electron chi connectivity index (χ1n) is 10.1. The molecule has 1 aliphatic rings. The van der Waals surface area contributed by atoms with Crippen LogP contribution in [0.15, 0.2) is 53.2 Å². The van der Waals surface area contributed by atoms with Crippen LogP contribution in [0.3, 0.4) is 0 Å². The summed E-state index contributed by atoms with van der Waals surface area (Å²) in [5.74, 6) is 0.693. The molecule has 5 nitrogen and oxygen atoms in total. The maximum Gasteiger partial charge on any atom is 0.321 e. The van der Waals surface area contributed by atoms with Crippen LogP contribution in [0.5, 0.6) is 0 Å². The number of likely N-dealkylation sites (tertiary alicyclic amines) is 1. The van der Waals surface area contributed by atoms with Gasteiger partial charge in [-0.3, -0.25) is 0 Å². The van der Waals surface area contributed by atoms with Crippen molar-refractivity contribution < 1.29 is 4.79 Å². The molecule has 1 aromatic carbocycles. The third-order valence-corrected chi connectivity index (χ3v) is 7.25. The minimum absolute atomic E-state index is 0.0390. The van der Waals surface area contributed by atoms with Gasteiger partial charge in [0.1, 0.15) is 11.4 Å². The molecule has 3 aromatic heterocycles. The number of carbonyl (C=O) groups excluding carboxylic acids is 1. The number of aromatic nitrogens is 2. The summed E-state index contributed by atoms with van der Waals surface area (Å²) >= 11 is 3.32. The van der Waals surface area contributed by atoms with Crippen LogP contribution in [0.4, 0.5) is 10.5 Å². The Balaban J connectivity index is 1.48. The van der Waals surface area contributed by atoms with E-state index in [0.717, 1.165) is 63.8 Å². The third kappa shape index (κ3) is 3.82. The number of amides is 2. The van der Waals surface area contributed by atoms with Gasteiger partial charge in [0.15, 0.2) is 0 Å². The SMILES string of the molecule is CC1CCN(C(=O)Nc2ccc3nc(-c4cccs4)c(-c4cccs4)nc3c2)CC1. The molecule has 1 fully saturated rings. The monoisotopic (exact) mass is 434 g/mol. The second kappa shape index (κ2) is 8.16. The molecule has 0 unspecified atom stereocenters. The number of anilines is 1. The van der Waals surface area contributed by atoms with Crippen molar-refractivity contribution in [3.05, 3.63) is 53.2 Å². The van der Waals surface area contributed by atoms with Gasteiger partial charge in [-0.2, -0.15) is 0 Å². The Labute approximate surface area is 183 Å². The normalized spacial score (nSPS) is 14.9. The Morgan fingerprint density at radius 2 is 1.60 bits per heavy atom. The van der Waals surface area contributed by atoms with Crippen molar-refractivity contribution in [2.24, 2.45) is 5.92 Å². The van der Waals surface area contributed by atoms with Gasteiger partial charge in [-0.25, -0.2) is 14.8 Å². The zero-order chi connectivity index (χ0) is 20.5. The summed E-state index contributed by atoms with van der Waals surface area (Å²) in [6.07, 6.45) is 2.12. The fourth-order valence-corrected chi connectivity index (χ4v) is 5.15. The quantitative estimate of drug-likeness (QED) is 0.409. The van der Waals surface area contributed by atoms with Gasteiger partial charge in [0.05, 0.1) is 20.8 Å². The van der Waals surface area contributed by atoms with E-state index in [1.807, 2.05) is 35.2 Å². The largest absolute Gasteiger partial charge is 0.325 e. The summed E-state index contributed by atoms with van der Waals surface area (Å²) in [6, 6.07) is 13.9. The van der Waals surface area contributed by atoms with Crippen molar-refractivity contribution in [3.63, 3.8) is 0 Å². The second-order valence-electron chi connectivity index (χ2n) is 7.68. The van der Waals surface area contributed by atoms with E-state index < -0.39 is 0 Å². The smallest absolute Gasteiger partial charge is 0.321 e. The number of hydrogen-bond acceptors (Lipinski definition) is 5. The van der Waals surface area contributed by atoms with Crippen LogP contribution < -0.4 is 5.32 Å². The number of urea groups is 1. The van der Waals surface area contributed by atoms with Crippen molar-refractivity contribution in [3.8, 4) is 21.1 Å². The second-order valence-corrected chi connectivity index (χ2v) is 9.57. The van der Waals surface area contributed by atoms with Gasteiger partial charge < -0.3 is 10.2 Å². The fraction of sp³-hybridized carbons (Fsp3) is 0.261. The third-order valence-electron chi connectivity index (χ3n) is 5.50. The van der Waals surface area contributed by atoms with Crippen molar-refractivity contribution in [1.29, 1.82) is 0 Å². The van der Waals surface area contributed by atoms with E-state index >= 15 is 0 Å².